The van der Waals surface area contributed by atoms with Crippen LogP contribution in [0.3, 0.4) is 0 Å². The number of para-hydroxylation sites is 1. The van der Waals surface area contributed by atoms with E-state index in [9.17, 15) is 18.0 Å². The van der Waals surface area contributed by atoms with Crippen molar-refractivity contribution >= 4 is 40.2 Å². The molecule has 1 aromatic heterocycles. The van der Waals surface area contributed by atoms with Crippen molar-refractivity contribution in [1.29, 1.82) is 0 Å². The first kappa shape index (κ1) is 24.0. The number of fused-ring (bicyclic) bond motifs is 3. The van der Waals surface area contributed by atoms with Gasteiger partial charge in [-0.05, 0) is 60.2 Å². The van der Waals surface area contributed by atoms with Crippen LogP contribution in [0.25, 0.3) is 0 Å². The molecule has 0 radical (unpaired) electrons. The van der Waals surface area contributed by atoms with E-state index < -0.39 is 17.7 Å². The Balaban J connectivity index is 1.42. The number of thiophene rings is 1. The molecule has 3 heterocycles. The lowest BCUT2D eigenvalue weighted by Crippen LogP contribution is -2.61. The molecular weight excluding hydrogens is 495 g/mol. The van der Waals surface area contributed by atoms with Crippen LogP contribution in [0.1, 0.15) is 16.0 Å². The van der Waals surface area contributed by atoms with Gasteiger partial charge in [-0.15, -0.1) is 11.3 Å². The summed E-state index contributed by atoms with van der Waals surface area (Å²) in [7, 11) is 0. The summed E-state index contributed by atoms with van der Waals surface area (Å²) < 4.78 is 40.2. The molecule has 2 aromatic carbocycles. The van der Waals surface area contributed by atoms with Crippen molar-refractivity contribution < 1.29 is 18.0 Å². The van der Waals surface area contributed by atoms with Gasteiger partial charge in [-0.1, -0.05) is 29.8 Å². The van der Waals surface area contributed by atoms with Gasteiger partial charge in [0, 0.05) is 36.7 Å². The smallest absolute Gasteiger partial charge is 0.366 e. The minimum absolute atomic E-state index is 0.124. The molecule has 2 atom stereocenters. The molecule has 9 heteroatoms. The van der Waals surface area contributed by atoms with E-state index in [2.05, 4.69) is 15.1 Å². The van der Waals surface area contributed by atoms with Crippen molar-refractivity contribution in [2.45, 2.75) is 25.1 Å². The first-order chi connectivity index (χ1) is 16.8. The number of piperazine rings is 1. The number of anilines is 2. The molecule has 2 aliphatic heterocycles. The van der Waals surface area contributed by atoms with Crippen LogP contribution in [-0.4, -0.2) is 38.1 Å². The second kappa shape index (κ2) is 9.74. The summed E-state index contributed by atoms with van der Waals surface area (Å²) in [6.45, 7) is 2.31. The molecule has 5 rings (SSSR count). The third-order valence-electron chi connectivity index (χ3n) is 6.82. The summed E-state index contributed by atoms with van der Waals surface area (Å²) in [5.74, 6) is -0.597. The van der Waals surface area contributed by atoms with E-state index >= 15 is 0 Å². The van der Waals surface area contributed by atoms with Crippen molar-refractivity contribution in [2.75, 3.05) is 36.0 Å². The second-order valence-electron chi connectivity index (χ2n) is 8.93. The van der Waals surface area contributed by atoms with E-state index in [0.29, 0.717) is 36.8 Å². The highest BCUT2D eigenvalue weighted by molar-refractivity contribution is 7.09. The zero-order valence-electron chi connectivity index (χ0n) is 18.9. The first-order valence-corrected chi connectivity index (χ1v) is 12.8. The number of alkyl halides is 3. The number of carbonyl (C=O) groups excluding carboxylic acids is 1. The largest absolute Gasteiger partial charge is 0.416 e. The molecule has 0 unspecified atom stereocenters. The summed E-state index contributed by atoms with van der Waals surface area (Å²) in [6, 6.07) is 15.3. The number of hydrogen-bond acceptors (Lipinski definition) is 4. The van der Waals surface area contributed by atoms with Gasteiger partial charge in [0.2, 0.25) is 5.91 Å². The Hall–Kier alpha value is -2.71. The average Bonchev–Trinajstić information content (AvgIpc) is 3.36. The molecule has 35 heavy (non-hydrogen) atoms. The highest BCUT2D eigenvalue weighted by Gasteiger charge is 2.43. The van der Waals surface area contributed by atoms with Crippen LogP contribution in [0.15, 0.2) is 60.0 Å². The van der Waals surface area contributed by atoms with Gasteiger partial charge in [-0.2, -0.15) is 13.2 Å². The van der Waals surface area contributed by atoms with Crippen LogP contribution in [0.2, 0.25) is 5.02 Å². The van der Waals surface area contributed by atoms with E-state index in [1.807, 2.05) is 41.8 Å². The van der Waals surface area contributed by atoms with Crippen molar-refractivity contribution in [3.63, 3.8) is 0 Å². The Morgan fingerprint density at radius 3 is 2.66 bits per heavy atom. The minimum Gasteiger partial charge on any atom is -0.366 e. The van der Waals surface area contributed by atoms with E-state index in [0.717, 1.165) is 23.9 Å². The zero-order chi connectivity index (χ0) is 24.6. The minimum atomic E-state index is -4.42. The zero-order valence-corrected chi connectivity index (χ0v) is 20.5. The molecular formula is C26H25ClF3N3OS. The molecule has 0 spiro atoms. The summed E-state index contributed by atoms with van der Waals surface area (Å²) >= 11 is 8.09. The standard InChI is InChI=1S/C26H25ClF3N3OS/c27-21-5-1-2-6-23(21)32-11-12-33-22-8-7-18(26(28,29)30)14-17(22)15-20(24(33)16-32)25(34)31-10-9-19-4-3-13-35-19/h1-8,13-14,20,24H,9-12,15-16H2,(H,31,34)/t20-,24-/m0/s1. The van der Waals surface area contributed by atoms with Crippen molar-refractivity contribution in [1.82, 2.24) is 5.32 Å². The van der Waals surface area contributed by atoms with Gasteiger partial charge in [0.05, 0.1) is 28.2 Å². The molecule has 1 N–H and O–H groups in total. The quantitative estimate of drug-likeness (QED) is 0.473. The lowest BCUT2D eigenvalue weighted by molar-refractivity contribution is -0.137. The van der Waals surface area contributed by atoms with Gasteiger partial charge in [-0.3, -0.25) is 4.79 Å². The fourth-order valence-corrected chi connectivity index (χ4v) is 6.09. The molecule has 0 bridgehead atoms. The van der Waals surface area contributed by atoms with Crippen molar-refractivity contribution in [3.8, 4) is 0 Å². The van der Waals surface area contributed by atoms with Crippen LogP contribution in [0.4, 0.5) is 24.5 Å². The van der Waals surface area contributed by atoms with Gasteiger partial charge in [0.1, 0.15) is 0 Å². The molecule has 0 saturated carbocycles. The lowest BCUT2D eigenvalue weighted by atomic mass is 9.82. The highest BCUT2D eigenvalue weighted by atomic mass is 35.5. The van der Waals surface area contributed by atoms with E-state index in [-0.39, 0.29) is 18.4 Å². The maximum absolute atomic E-state index is 13.4. The summed E-state index contributed by atoms with van der Waals surface area (Å²) in [5, 5.41) is 5.68. The highest BCUT2D eigenvalue weighted by Crippen LogP contribution is 2.40. The number of nitrogens with one attached hydrogen (secondary N) is 1. The molecule has 4 nitrogen and oxygen atoms in total. The van der Waals surface area contributed by atoms with Crippen molar-refractivity contribution in [3.05, 3.63) is 81.0 Å². The first-order valence-electron chi connectivity index (χ1n) is 11.6. The fourth-order valence-electron chi connectivity index (χ4n) is 5.12. The van der Waals surface area contributed by atoms with Gasteiger partial charge in [0.25, 0.3) is 0 Å². The molecule has 184 valence electrons. The maximum Gasteiger partial charge on any atom is 0.416 e. The summed E-state index contributed by atoms with van der Waals surface area (Å²) in [4.78, 5) is 18.8. The number of benzene rings is 2. The number of rotatable bonds is 5. The summed E-state index contributed by atoms with van der Waals surface area (Å²) in [5.41, 5.74) is 1.58. The monoisotopic (exact) mass is 519 g/mol. The molecule has 2 aliphatic rings. The van der Waals surface area contributed by atoms with E-state index in [4.69, 9.17) is 11.6 Å². The van der Waals surface area contributed by atoms with Crippen LogP contribution >= 0.6 is 22.9 Å². The number of amides is 1. The van der Waals surface area contributed by atoms with Crippen LogP contribution < -0.4 is 15.1 Å². The third kappa shape index (κ3) is 5.00. The predicted octanol–water partition coefficient (Wildman–Crippen LogP) is 5.65. The number of nitrogens with zero attached hydrogens (tertiary/aromatic N) is 2. The van der Waals surface area contributed by atoms with Crippen LogP contribution in [0.5, 0.6) is 0 Å². The fraction of sp³-hybridized carbons (Fsp3) is 0.346. The maximum atomic E-state index is 13.4. The molecule has 3 aromatic rings. The van der Waals surface area contributed by atoms with Crippen LogP contribution in [0, 0.1) is 5.92 Å². The Kier molecular flexibility index (Phi) is 6.68. The molecule has 0 aliphatic carbocycles. The Labute approximate surface area is 211 Å². The van der Waals surface area contributed by atoms with Gasteiger partial charge >= 0.3 is 6.18 Å². The van der Waals surface area contributed by atoms with Crippen molar-refractivity contribution in [2.24, 2.45) is 5.92 Å². The van der Waals surface area contributed by atoms with Crippen LogP contribution in [-0.2, 0) is 23.8 Å². The SMILES string of the molecule is O=C(NCCc1cccs1)[C@H]1Cc2cc(C(F)(F)F)ccc2N2CCN(c3ccccc3Cl)C[C@@H]12. The number of carbonyl (C=O) groups is 1. The normalized spacial score (nSPS) is 19.8. The molecule has 1 amide bonds. The number of halogens is 4. The average molecular weight is 520 g/mol. The van der Waals surface area contributed by atoms with Gasteiger partial charge in [0.15, 0.2) is 0 Å². The molecule has 1 fully saturated rings. The Morgan fingerprint density at radius 1 is 1.09 bits per heavy atom. The molecule has 1 saturated heterocycles. The lowest BCUT2D eigenvalue weighted by Gasteiger charge is -2.50. The second-order valence-corrected chi connectivity index (χ2v) is 10.4. The summed E-state index contributed by atoms with van der Waals surface area (Å²) in [6.07, 6.45) is -3.43. The Morgan fingerprint density at radius 2 is 1.91 bits per heavy atom. The Bertz CT molecular complexity index is 1200. The van der Waals surface area contributed by atoms with E-state index in [1.54, 1.807) is 17.4 Å². The van der Waals surface area contributed by atoms with Gasteiger partial charge < -0.3 is 15.1 Å². The predicted molar refractivity (Wildman–Crippen MR) is 134 cm³/mol. The third-order valence-corrected chi connectivity index (χ3v) is 8.08. The van der Waals surface area contributed by atoms with E-state index in [1.165, 1.54) is 10.9 Å². The number of hydrogen-bond donors (Lipinski definition) is 1. The topological polar surface area (TPSA) is 35.6 Å². The van der Waals surface area contributed by atoms with Gasteiger partial charge in [-0.25, -0.2) is 0 Å².